The van der Waals surface area contributed by atoms with Crippen molar-refractivity contribution in [3.8, 4) is 17.2 Å². The molecule has 1 aliphatic heterocycles. The average Bonchev–Trinajstić information content (AvgIpc) is 3.08. The minimum atomic E-state index is -0.773. The summed E-state index contributed by atoms with van der Waals surface area (Å²) in [5.41, 5.74) is 0.446. The third kappa shape index (κ3) is 3.78. The van der Waals surface area contributed by atoms with Crippen molar-refractivity contribution in [3.63, 3.8) is 0 Å². The molecule has 174 valence electrons. The molecule has 0 spiro atoms. The number of hydrogen-bond donors (Lipinski definition) is 0. The van der Waals surface area contributed by atoms with Gasteiger partial charge in [-0.3, -0.25) is 9.59 Å². The van der Waals surface area contributed by atoms with E-state index in [4.69, 9.17) is 18.6 Å². The Bertz CT molecular complexity index is 1260. The van der Waals surface area contributed by atoms with Gasteiger partial charge in [0.25, 0.3) is 5.91 Å². The maximum absolute atomic E-state index is 13.9. The number of methoxy groups -OCH3 is 3. The minimum absolute atomic E-state index is 0.0448. The van der Waals surface area contributed by atoms with Crippen LogP contribution in [0, 0.1) is 5.82 Å². The Balaban J connectivity index is 1.99. The lowest BCUT2D eigenvalue weighted by Crippen LogP contribution is -2.35. The highest BCUT2D eigenvalue weighted by atomic mass is 19.1. The Hall–Kier alpha value is -3.59. The van der Waals surface area contributed by atoms with E-state index >= 15 is 0 Å². The first kappa shape index (κ1) is 22.6. The van der Waals surface area contributed by atoms with E-state index in [0.717, 1.165) is 6.07 Å². The molecule has 1 unspecified atom stereocenters. The van der Waals surface area contributed by atoms with Crippen LogP contribution in [0.2, 0.25) is 0 Å². The molecule has 2 heterocycles. The fraction of sp³-hybridized carbons (Fsp3) is 0.333. The lowest BCUT2D eigenvalue weighted by molar-refractivity contribution is 0.0716. The number of likely N-dealkylation sites (N-methyl/N-ethyl adjacent to an activating group) is 1. The first-order valence-electron chi connectivity index (χ1n) is 10.3. The van der Waals surface area contributed by atoms with Crippen molar-refractivity contribution >= 4 is 16.9 Å². The van der Waals surface area contributed by atoms with Crippen LogP contribution in [0.5, 0.6) is 17.2 Å². The molecular weight excluding hydrogens is 431 g/mol. The Kier molecular flexibility index (Phi) is 5.99. The summed E-state index contributed by atoms with van der Waals surface area (Å²) in [6, 6.07) is 6.30. The lowest BCUT2D eigenvalue weighted by atomic mass is 9.97. The van der Waals surface area contributed by atoms with Gasteiger partial charge >= 0.3 is 0 Å². The smallest absolute Gasteiger partial charge is 0.290 e. The number of benzene rings is 2. The summed E-state index contributed by atoms with van der Waals surface area (Å²) in [6.45, 7) is 0.893. The second-order valence-corrected chi connectivity index (χ2v) is 7.98. The monoisotopic (exact) mass is 456 g/mol. The number of amides is 1. The standard InChI is InChI=1S/C24H25FN2O6/c1-26(2)8-9-27-20(13-10-17(30-3)22(32-5)18(11-13)31-4)19-21(28)15-12-14(25)6-7-16(15)33-23(19)24(27)29/h6-7,10-12,20H,8-9H2,1-5H3. The summed E-state index contributed by atoms with van der Waals surface area (Å²) >= 11 is 0. The predicted molar refractivity (Wildman–Crippen MR) is 120 cm³/mol. The quantitative estimate of drug-likeness (QED) is 0.541. The molecule has 0 radical (unpaired) electrons. The Morgan fingerprint density at radius 2 is 1.70 bits per heavy atom. The Morgan fingerprint density at radius 3 is 2.27 bits per heavy atom. The molecule has 1 aliphatic rings. The topological polar surface area (TPSA) is 81.5 Å². The van der Waals surface area contributed by atoms with Crippen molar-refractivity contribution in [3.05, 3.63) is 63.3 Å². The van der Waals surface area contributed by atoms with Gasteiger partial charge in [0, 0.05) is 13.1 Å². The van der Waals surface area contributed by atoms with Crippen LogP contribution >= 0.6 is 0 Å². The zero-order valence-electron chi connectivity index (χ0n) is 19.1. The fourth-order valence-electron chi connectivity index (χ4n) is 4.14. The predicted octanol–water partition coefficient (Wildman–Crippen LogP) is 3.06. The number of carbonyl (C=O) groups excluding carboxylic acids is 1. The van der Waals surface area contributed by atoms with E-state index in [1.54, 1.807) is 17.0 Å². The zero-order valence-corrected chi connectivity index (χ0v) is 19.1. The highest BCUT2D eigenvalue weighted by Gasteiger charge is 2.43. The van der Waals surface area contributed by atoms with Crippen LogP contribution in [0.3, 0.4) is 0 Å². The number of fused-ring (bicyclic) bond motifs is 2. The molecule has 0 saturated heterocycles. The van der Waals surface area contributed by atoms with Crippen molar-refractivity contribution in [1.29, 1.82) is 0 Å². The normalized spacial score (nSPS) is 15.3. The zero-order chi connectivity index (χ0) is 23.9. The van der Waals surface area contributed by atoms with E-state index in [-0.39, 0.29) is 22.3 Å². The third-order valence-electron chi connectivity index (χ3n) is 5.72. The summed E-state index contributed by atoms with van der Waals surface area (Å²) in [7, 11) is 8.25. The molecule has 1 atom stereocenters. The maximum atomic E-state index is 13.9. The lowest BCUT2D eigenvalue weighted by Gasteiger charge is -2.27. The van der Waals surface area contributed by atoms with E-state index in [1.165, 1.54) is 33.5 Å². The average molecular weight is 456 g/mol. The third-order valence-corrected chi connectivity index (χ3v) is 5.72. The molecule has 4 rings (SSSR count). The van der Waals surface area contributed by atoms with Crippen LogP contribution in [-0.2, 0) is 0 Å². The molecule has 1 aromatic heterocycles. The molecule has 33 heavy (non-hydrogen) atoms. The van der Waals surface area contributed by atoms with E-state index in [0.29, 0.717) is 35.9 Å². The molecule has 3 aromatic rings. The number of halogens is 1. The van der Waals surface area contributed by atoms with Gasteiger partial charge in [0.05, 0.1) is 38.3 Å². The summed E-state index contributed by atoms with van der Waals surface area (Å²) in [5, 5.41) is 0.0773. The molecule has 2 aromatic carbocycles. The van der Waals surface area contributed by atoms with Crippen molar-refractivity contribution in [2.24, 2.45) is 0 Å². The molecule has 1 amide bonds. The van der Waals surface area contributed by atoms with Crippen LogP contribution in [0.25, 0.3) is 11.0 Å². The molecule has 8 nitrogen and oxygen atoms in total. The molecule has 0 bridgehead atoms. The van der Waals surface area contributed by atoms with Gasteiger partial charge in [0.2, 0.25) is 11.5 Å². The second kappa shape index (κ2) is 8.74. The van der Waals surface area contributed by atoms with Crippen LogP contribution in [0.1, 0.15) is 27.7 Å². The number of hydrogen-bond acceptors (Lipinski definition) is 7. The number of carbonyl (C=O) groups is 1. The van der Waals surface area contributed by atoms with Gasteiger partial charge in [0.15, 0.2) is 16.9 Å². The fourth-order valence-corrected chi connectivity index (χ4v) is 4.14. The summed E-state index contributed by atoms with van der Waals surface area (Å²) in [6.07, 6.45) is 0. The van der Waals surface area contributed by atoms with Gasteiger partial charge in [-0.15, -0.1) is 0 Å². The summed E-state index contributed by atoms with van der Waals surface area (Å²) in [4.78, 5) is 30.4. The van der Waals surface area contributed by atoms with Gasteiger partial charge in [-0.25, -0.2) is 4.39 Å². The second-order valence-electron chi connectivity index (χ2n) is 7.98. The van der Waals surface area contributed by atoms with Gasteiger partial charge in [-0.1, -0.05) is 0 Å². The van der Waals surface area contributed by atoms with Crippen LogP contribution in [0.15, 0.2) is 39.5 Å². The van der Waals surface area contributed by atoms with E-state index in [2.05, 4.69) is 0 Å². The van der Waals surface area contributed by atoms with E-state index in [1.807, 2.05) is 19.0 Å². The summed E-state index contributed by atoms with van der Waals surface area (Å²) < 4.78 is 36.1. The van der Waals surface area contributed by atoms with E-state index in [9.17, 15) is 14.0 Å². The largest absolute Gasteiger partial charge is 0.493 e. The molecule has 0 N–H and O–H groups in total. The maximum Gasteiger partial charge on any atom is 0.290 e. The molecule has 0 saturated carbocycles. The van der Waals surface area contributed by atoms with Crippen LogP contribution in [0.4, 0.5) is 4.39 Å². The molecule has 0 aliphatic carbocycles. The van der Waals surface area contributed by atoms with Gasteiger partial charge in [-0.05, 0) is 50.0 Å². The highest BCUT2D eigenvalue weighted by molar-refractivity contribution is 5.99. The molecule has 0 fully saturated rings. The first-order valence-corrected chi connectivity index (χ1v) is 10.3. The van der Waals surface area contributed by atoms with Gasteiger partial charge < -0.3 is 28.4 Å². The van der Waals surface area contributed by atoms with Gasteiger partial charge in [0.1, 0.15) is 11.4 Å². The molecule has 9 heteroatoms. The Morgan fingerprint density at radius 1 is 1.03 bits per heavy atom. The highest BCUT2D eigenvalue weighted by Crippen LogP contribution is 2.44. The molecular formula is C24H25FN2O6. The first-order chi connectivity index (χ1) is 15.8. The number of nitrogens with zero attached hydrogens (tertiary/aromatic N) is 2. The van der Waals surface area contributed by atoms with Crippen molar-refractivity contribution in [2.75, 3.05) is 48.5 Å². The van der Waals surface area contributed by atoms with Crippen LogP contribution in [-0.4, -0.2) is 64.2 Å². The Labute approximate surface area is 190 Å². The van der Waals surface area contributed by atoms with Crippen molar-refractivity contribution in [1.82, 2.24) is 9.80 Å². The number of rotatable bonds is 7. The SMILES string of the molecule is COc1cc(C2c3c(oc4ccc(F)cc4c3=O)C(=O)N2CCN(C)C)cc(OC)c1OC. The van der Waals surface area contributed by atoms with Crippen molar-refractivity contribution in [2.45, 2.75) is 6.04 Å². The van der Waals surface area contributed by atoms with Crippen LogP contribution < -0.4 is 19.6 Å². The van der Waals surface area contributed by atoms with Crippen molar-refractivity contribution < 1.29 is 27.8 Å². The van der Waals surface area contributed by atoms with E-state index < -0.39 is 23.2 Å². The minimum Gasteiger partial charge on any atom is -0.493 e. The number of ether oxygens (including phenoxy) is 3. The van der Waals surface area contributed by atoms with Gasteiger partial charge in [-0.2, -0.15) is 0 Å². The summed E-state index contributed by atoms with van der Waals surface area (Å²) in [5.74, 6) is 0.146.